The van der Waals surface area contributed by atoms with Crippen molar-refractivity contribution in [1.29, 1.82) is 5.26 Å². The van der Waals surface area contributed by atoms with Gasteiger partial charge >= 0.3 is 0 Å². The van der Waals surface area contributed by atoms with Crippen molar-refractivity contribution in [2.45, 2.75) is 65.8 Å². The van der Waals surface area contributed by atoms with E-state index in [4.69, 9.17) is 25.8 Å². The largest absolute Gasteiger partial charge is 0.493 e. The first kappa shape index (κ1) is 38.1. The Bertz CT molecular complexity index is 1790. The van der Waals surface area contributed by atoms with Gasteiger partial charge in [0.2, 0.25) is 0 Å². The summed E-state index contributed by atoms with van der Waals surface area (Å²) in [6, 6.07) is 19.8. The van der Waals surface area contributed by atoms with Crippen molar-refractivity contribution < 1.29 is 24.4 Å². The van der Waals surface area contributed by atoms with Crippen molar-refractivity contribution in [3.8, 4) is 34.4 Å². The average Bonchev–Trinajstić information content (AvgIpc) is 3.16. The van der Waals surface area contributed by atoms with E-state index in [1.54, 1.807) is 18.3 Å². The summed E-state index contributed by atoms with van der Waals surface area (Å²) in [4.78, 5) is 6.58. The fourth-order valence-electron chi connectivity index (χ4n) is 6.42. The van der Waals surface area contributed by atoms with E-state index in [0.717, 1.165) is 83.6 Å². The van der Waals surface area contributed by atoms with E-state index < -0.39 is 0 Å². The zero-order valence-corrected chi connectivity index (χ0v) is 30.6. The highest BCUT2D eigenvalue weighted by Crippen LogP contribution is 2.36. The van der Waals surface area contributed by atoms with E-state index >= 15 is 0 Å². The smallest absolute Gasteiger partial charge is 0.142 e. The second-order valence-electron chi connectivity index (χ2n) is 13.3. The Morgan fingerprint density at radius 2 is 1.75 bits per heavy atom. The van der Waals surface area contributed by atoms with Crippen LogP contribution in [0.15, 0.2) is 67.0 Å². The van der Waals surface area contributed by atoms with Gasteiger partial charge in [-0.1, -0.05) is 41.9 Å². The van der Waals surface area contributed by atoms with Crippen molar-refractivity contribution >= 4 is 11.6 Å². The lowest BCUT2D eigenvalue weighted by Crippen LogP contribution is -2.37. The van der Waals surface area contributed by atoms with Crippen LogP contribution in [0.1, 0.15) is 59.6 Å². The highest BCUT2D eigenvalue weighted by atomic mass is 35.5. The fraction of sp³-hybridized carbons (Fsp3) is 0.415. The summed E-state index contributed by atoms with van der Waals surface area (Å²) in [6.45, 7) is 11.0. The Hall–Kier alpha value is -4.17. The summed E-state index contributed by atoms with van der Waals surface area (Å²) in [5, 5.41) is 32.1. The first-order valence-electron chi connectivity index (χ1n) is 17.7. The van der Waals surface area contributed by atoms with E-state index in [-0.39, 0.29) is 25.9 Å². The predicted octanol–water partition coefficient (Wildman–Crippen LogP) is 6.99. The Balaban J connectivity index is 1.27. The summed E-state index contributed by atoms with van der Waals surface area (Å²) in [5.41, 5.74) is 7.51. The maximum absolute atomic E-state index is 9.54. The molecule has 0 amide bonds. The van der Waals surface area contributed by atoms with Crippen LogP contribution in [0.2, 0.25) is 5.02 Å². The van der Waals surface area contributed by atoms with Crippen LogP contribution in [0, 0.1) is 31.1 Å². The molecule has 9 nitrogen and oxygen atoms in total. The van der Waals surface area contributed by atoms with Crippen molar-refractivity contribution in [2.75, 3.05) is 39.5 Å². The molecular weight excluding hydrogens is 664 g/mol. The number of nitriles is 1. The molecule has 4 aromatic rings. The third kappa shape index (κ3) is 10.4. The number of aliphatic hydroxyl groups is 2. The molecule has 5 rings (SSSR count). The fourth-order valence-corrected chi connectivity index (χ4v) is 6.66. The van der Waals surface area contributed by atoms with Crippen LogP contribution in [0.25, 0.3) is 11.1 Å². The highest BCUT2D eigenvalue weighted by Gasteiger charge is 2.19. The molecule has 3 N–H and O–H groups in total. The number of aromatic nitrogens is 1. The van der Waals surface area contributed by atoms with Crippen LogP contribution in [-0.4, -0.2) is 65.6 Å². The van der Waals surface area contributed by atoms with Gasteiger partial charge in [0, 0.05) is 61.9 Å². The number of pyridine rings is 1. The predicted molar refractivity (Wildman–Crippen MR) is 200 cm³/mol. The average molecular weight is 713 g/mol. The van der Waals surface area contributed by atoms with Crippen molar-refractivity contribution in [3.05, 3.63) is 105 Å². The molecule has 10 heteroatoms. The summed E-state index contributed by atoms with van der Waals surface area (Å²) in [5.74, 6) is 2.35. The van der Waals surface area contributed by atoms with E-state index in [2.05, 4.69) is 53.3 Å². The molecule has 2 atom stereocenters. The van der Waals surface area contributed by atoms with Gasteiger partial charge in [0.1, 0.15) is 36.5 Å². The van der Waals surface area contributed by atoms with Crippen molar-refractivity contribution in [1.82, 2.24) is 15.2 Å². The zero-order chi connectivity index (χ0) is 36.2. The highest BCUT2D eigenvalue weighted by molar-refractivity contribution is 6.32. The maximum atomic E-state index is 9.54. The molecule has 2 heterocycles. The number of nitrogens with one attached hydrogen (secondary N) is 1. The van der Waals surface area contributed by atoms with Gasteiger partial charge in [0.25, 0.3) is 0 Å². The van der Waals surface area contributed by atoms with Crippen LogP contribution in [-0.2, 0) is 19.8 Å². The third-order valence-corrected chi connectivity index (χ3v) is 9.78. The molecule has 0 aliphatic carbocycles. The topological polar surface area (TPSA) is 120 Å². The van der Waals surface area contributed by atoms with E-state index in [0.29, 0.717) is 47.8 Å². The molecule has 0 bridgehead atoms. The molecular formula is C41H49ClN4O5. The van der Waals surface area contributed by atoms with Crippen LogP contribution < -0.4 is 19.5 Å². The van der Waals surface area contributed by atoms with Crippen molar-refractivity contribution in [2.24, 2.45) is 5.92 Å². The van der Waals surface area contributed by atoms with E-state index in [1.165, 1.54) is 6.20 Å². The molecule has 270 valence electrons. The molecule has 2 unspecified atom stereocenters. The summed E-state index contributed by atoms with van der Waals surface area (Å²) in [7, 11) is 0. The molecule has 0 radical (unpaired) electrons. The molecule has 51 heavy (non-hydrogen) atoms. The summed E-state index contributed by atoms with van der Waals surface area (Å²) >= 11 is 6.76. The van der Waals surface area contributed by atoms with Crippen LogP contribution in [0.5, 0.6) is 17.2 Å². The number of aliphatic hydroxyl groups excluding tert-OH is 2. The molecule has 1 saturated heterocycles. The number of hydrogen-bond acceptors (Lipinski definition) is 9. The first-order valence-corrected chi connectivity index (χ1v) is 18.1. The molecule has 0 saturated carbocycles. The van der Waals surface area contributed by atoms with Gasteiger partial charge in [-0.25, -0.2) is 0 Å². The van der Waals surface area contributed by atoms with Crippen molar-refractivity contribution in [3.63, 3.8) is 0 Å². The van der Waals surface area contributed by atoms with Crippen LogP contribution >= 0.6 is 11.6 Å². The van der Waals surface area contributed by atoms with Crippen LogP contribution in [0.3, 0.4) is 0 Å². The standard InChI is InChI=1S/C41H49ClN4O5/c1-28(24-47)45-22-35-17-38(42)41(18-40(35)50-26-33-16-32(19-43)20-44-21-33)51-27-34-9-4-10-36(29(34)2)37-11-5-12-39(30(37)3)49-15-7-14-46-13-6-8-31(23-46)25-48/h4-5,9-12,16-18,20-21,28,31,45,47-48H,6-8,13-15,22-27H2,1-3H3. The monoisotopic (exact) mass is 712 g/mol. The Morgan fingerprint density at radius 3 is 2.53 bits per heavy atom. The van der Waals surface area contributed by atoms with Crippen LogP contribution in [0.4, 0.5) is 0 Å². The Morgan fingerprint density at radius 1 is 0.961 bits per heavy atom. The number of nitrogens with zero attached hydrogens (tertiary/aromatic N) is 3. The number of benzene rings is 3. The Labute approximate surface area is 306 Å². The lowest BCUT2D eigenvalue weighted by Gasteiger charge is -2.31. The minimum absolute atomic E-state index is 0.00108. The van der Waals surface area contributed by atoms with E-state index in [9.17, 15) is 15.5 Å². The van der Waals surface area contributed by atoms with Gasteiger partial charge in [0.15, 0.2) is 0 Å². The third-order valence-electron chi connectivity index (χ3n) is 9.49. The number of rotatable bonds is 17. The summed E-state index contributed by atoms with van der Waals surface area (Å²) in [6.07, 6.45) is 6.38. The van der Waals surface area contributed by atoms with Gasteiger partial charge in [-0.2, -0.15) is 5.26 Å². The maximum Gasteiger partial charge on any atom is 0.142 e. The normalized spacial score (nSPS) is 15.3. The number of hydrogen-bond donors (Lipinski definition) is 3. The molecule has 0 spiro atoms. The number of halogens is 1. The molecule has 3 aromatic carbocycles. The lowest BCUT2D eigenvalue weighted by molar-refractivity contribution is 0.115. The quantitative estimate of drug-likeness (QED) is 0.0995. The second kappa shape index (κ2) is 18.9. The SMILES string of the molecule is Cc1c(COc2cc(OCc3cncc(C#N)c3)c(CNC(C)CO)cc2Cl)cccc1-c1cccc(OCCCN2CCCC(CO)C2)c1C. The number of piperidine rings is 1. The van der Waals surface area contributed by atoms with Gasteiger partial charge in [0.05, 0.1) is 23.8 Å². The second-order valence-corrected chi connectivity index (χ2v) is 13.7. The molecule has 1 aromatic heterocycles. The van der Waals surface area contributed by atoms with E-state index in [1.807, 2.05) is 31.2 Å². The lowest BCUT2D eigenvalue weighted by atomic mass is 9.93. The molecule has 1 aliphatic rings. The molecule has 1 aliphatic heterocycles. The van der Waals surface area contributed by atoms with Gasteiger partial charge in [-0.15, -0.1) is 0 Å². The minimum atomic E-state index is -0.110. The number of likely N-dealkylation sites (tertiary alicyclic amines) is 1. The minimum Gasteiger partial charge on any atom is -0.493 e. The Kier molecular flexibility index (Phi) is 14.1. The van der Waals surface area contributed by atoms with Gasteiger partial charge in [-0.05, 0) is 98.5 Å². The molecule has 1 fully saturated rings. The van der Waals surface area contributed by atoms with Gasteiger partial charge < -0.3 is 34.6 Å². The van der Waals surface area contributed by atoms with Gasteiger partial charge in [-0.3, -0.25) is 4.98 Å². The number of ether oxygens (including phenoxy) is 3. The summed E-state index contributed by atoms with van der Waals surface area (Å²) < 4.78 is 18.8. The first-order chi connectivity index (χ1) is 24.8. The zero-order valence-electron chi connectivity index (χ0n) is 29.8.